The molecule has 0 amide bonds. The molecule has 2 aliphatic heterocycles. The molecule has 0 aliphatic carbocycles. The van der Waals surface area contributed by atoms with Crippen LogP contribution in [0, 0.1) is 6.54 Å². The largest absolute Gasteiger partial charge is 0.443 e. The summed E-state index contributed by atoms with van der Waals surface area (Å²) in [5, 5.41) is 6.72. The second-order valence-electron chi connectivity index (χ2n) is 2.91. The molecule has 3 nitrogen and oxygen atoms in total. The van der Waals surface area contributed by atoms with Crippen LogP contribution in [0.1, 0.15) is 12.8 Å². The lowest BCUT2D eigenvalue weighted by Crippen LogP contribution is -2.60. The number of nitrogens with zero attached hydrogens (tertiary/aromatic N) is 1. The Morgan fingerprint density at radius 2 is 2.40 bits per heavy atom. The van der Waals surface area contributed by atoms with Gasteiger partial charge in [0.15, 0.2) is 0 Å². The van der Waals surface area contributed by atoms with Crippen LogP contribution in [0.5, 0.6) is 0 Å². The van der Waals surface area contributed by atoms with E-state index in [1.54, 1.807) is 0 Å². The third-order valence-electron chi connectivity index (χ3n) is 2.16. The third-order valence-corrected chi connectivity index (χ3v) is 2.16. The van der Waals surface area contributed by atoms with Gasteiger partial charge in [0.05, 0.1) is 6.29 Å². The molecule has 2 saturated heterocycles. The molecule has 10 heavy (non-hydrogen) atoms. The van der Waals surface area contributed by atoms with Crippen molar-refractivity contribution in [1.82, 2.24) is 15.5 Å². The van der Waals surface area contributed by atoms with Crippen LogP contribution in [0.4, 0.5) is 0 Å². The molecule has 58 valence electrons. The smallest absolute Gasteiger partial charge is 0.0865 e. The van der Waals surface area contributed by atoms with Gasteiger partial charge in [0.2, 0.25) is 0 Å². The van der Waals surface area contributed by atoms with Gasteiger partial charge in [-0.15, -0.1) is 0 Å². The van der Waals surface area contributed by atoms with Gasteiger partial charge in [-0.2, -0.15) is 6.42 Å². The molecule has 3 heteroatoms. The first-order valence-electron chi connectivity index (χ1n) is 4.02. The van der Waals surface area contributed by atoms with Crippen LogP contribution in [0.25, 0.3) is 0 Å². The molecule has 2 heterocycles. The maximum Gasteiger partial charge on any atom is 0.0865 e. The minimum absolute atomic E-state index is 0.433. The highest BCUT2D eigenvalue weighted by Crippen LogP contribution is 2.08. The van der Waals surface area contributed by atoms with E-state index in [0.717, 1.165) is 6.54 Å². The molecule has 2 rings (SSSR count). The minimum Gasteiger partial charge on any atom is -0.443 e. The van der Waals surface area contributed by atoms with Crippen molar-refractivity contribution in [2.45, 2.75) is 19.1 Å². The number of hydrogen-bond acceptors (Lipinski definition) is 3. The molecular formula is C7H14N3-. The second-order valence-corrected chi connectivity index (χ2v) is 2.91. The molecule has 1 atom stereocenters. The highest BCUT2D eigenvalue weighted by molar-refractivity contribution is 4.82. The summed E-state index contributed by atoms with van der Waals surface area (Å²) in [5.41, 5.74) is 0. The normalized spacial score (nSPS) is 35.4. The predicted molar refractivity (Wildman–Crippen MR) is 40.0 cm³/mol. The average molecular weight is 140 g/mol. The maximum absolute atomic E-state index is 3.40. The standard InChI is InChI=1S/C7H14N3/c1-3-8-7-9-4-2-6-10(7)5-1/h3,7-9H,1-2,4-6H2/q-1. The molecule has 0 aromatic heterocycles. The first kappa shape index (κ1) is 6.58. The summed E-state index contributed by atoms with van der Waals surface area (Å²) in [7, 11) is 0. The molecule has 0 radical (unpaired) electrons. The lowest BCUT2D eigenvalue weighted by atomic mass is 10.2. The fourth-order valence-electron chi connectivity index (χ4n) is 1.61. The van der Waals surface area contributed by atoms with E-state index in [4.69, 9.17) is 0 Å². The molecule has 0 saturated carbocycles. The maximum atomic E-state index is 3.40. The van der Waals surface area contributed by atoms with E-state index >= 15 is 0 Å². The Bertz CT molecular complexity index is 89.4. The molecule has 2 N–H and O–H groups in total. The van der Waals surface area contributed by atoms with Crippen LogP contribution in [-0.2, 0) is 0 Å². The predicted octanol–water partition coefficient (Wildman–Crippen LogP) is -0.280. The average Bonchev–Trinajstić information content (AvgIpc) is 2.05. The number of nitrogens with one attached hydrogen (secondary N) is 2. The molecule has 0 spiro atoms. The summed E-state index contributed by atoms with van der Waals surface area (Å²) in [5.74, 6) is 0. The van der Waals surface area contributed by atoms with Gasteiger partial charge in [-0.05, 0) is 19.5 Å². The fourth-order valence-corrected chi connectivity index (χ4v) is 1.61. The van der Waals surface area contributed by atoms with Gasteiger partial charge in [0.1, 0.15) is 0 Å². The van der Waals surface area contributed by atoms with E-state index in [0.29, 0.717) is 6.29 Å². The second kappa shape index (κ2) is 2.86. The number of rotatable bonds is 0. The lowest BCUT2D eigenvalue weighted by Gasteiger charge is -2.45. The van der Waals surface area contributed by atoms with E-state index in [-0.39, 0.29) is 0 Å². The summed E-state index contributed by atoms with van der Waals surface area (Å²) in [6, 6.07) is 0. The zero-order chi connectivity index (χ0) is 6.81. The van der Waals surface area contributed by atoms with Crippen molar-refractivity contribution in [3.8, 4) is 0 Å². The first-order chi connectivity index (χ1) is 4.97. The van der Waals surface area contributed by atoms with Crippen LogP contribution < -0.4 is 10.6 Å². The third kappa shape index (κ3) is 1.17. The number of hydrogen-bond donors (Lipinski definition) is 2. The quantitative estimate of drug-likeness (QED) is 0.453. The minimum atomic E-state index is 0.433. The van der Waals surface area contributed by atoms with Gasteiger partial charge >= 0.3 is 0 Å². The van der Waals surface area contributed by atoms with Crippen molar-refractivity contribution in [2.75, 3.05) is 19.6 Å². The summed E-state index contributed by atoms with van der Waals surface area (Å²) in [6.07, 6.45) is 2.90. The molecule has 0 aromatic carbocycles. The Morgan fingerprint density at radius 1 is 1.40 bits per heavy atom. The van der Waals surface area contributed by atoms with Gasteiger partial charge in [0, 0.05) is 6.54 Å². The van der Waals surface area contributed by atoms with E-state index in [2.05, 4.69) is 22.1 Å². The van der Waals surface area contributed by atoms with Crippen LogP contribution in [0.15, 0.2) is 0 Å². The van der Waals surface area contributed by atoms with Gasteiger partial charge in [0.25, 0.3) is 0 Å². The Balaban J connectivity index is 1.93. The molecule has 2 fully saturated rings. The topological polar surface area (TPSA) is 27.3 Å². The highest BCUT2D eigenvalue weighted by Gasteiger charge is 2.19. The van der Waals surface area contributed by atoms with Crippen molar-refractivity contribution >= 4 is 0 Å². The monoisotopic (exact) mass is 140 g/mol. The van der Waals surface area contributed by atoms with Gasteiger partial charge in [-0.25, -0.2) is 0 Å². The van der Waals surface area contributed by atoms with E-state index in [9.17, 15) is 0 Å². The lowest BCUT2D eigenvalue weighted by molar-refractivity contribution is 0.0892. The first-order valence-corrected chi connectivity index (χ1v) is 4.02. The summed E-state index contributed by atoms with van der Waals surface area (Å²) in [6.45, 7) is 5.77. The van der Waals surface area contributed by atoms with E-state index in [1.165, 1.54) is 25.9 Å². The van der Waals surface area contributed by atoms with E-state index < -0.39 is 0 Å². The van der Waals surface area contributed by atoms with Crippen molar-refractivity contribution in [3.05, 3.63) is 6.54 Å². The SMILES string of the molecule is [CH-]1CCN2CCCNC2N1. The van der Waals surface area contributed by atoms with Gasteiger partial charge in [-0.1, -0.05) is 0 Å². The summed E-state index contributed by atoms with van der Waals surface area (Å²) in [4.78, 5) is 2.45. The molecule has 0 aromatic rings. The fraction of sp³-hybridized carbons (Fsp3) is 0.857. The van der Waals surface area contributed by atoms with Crippen molar-refractivity contribution in [2.24, 2.45) is 0 Å². The van der Waals surface area contributed by atoms with Crippen LogP contribution in [0.3, 0.4) is 0 Å². The van der Waals surface area contributed by atoms with E-state index in [1.807, 2.05) is 0 Å². The van der Waals surface area contributed by atoms with Crippen LogP contribution in [-0.4, -0.2) is 30.8 Å². The summed E-state index contributed by atoms with van der Waals surface area (Å²) >= 11 is 0. The van der Waals surface area contributed by atoms with Gasteiger partial charge in [-0.3, -0.25) is 16.8 Å². The molecular weight excluding hydrogens is 126 g/mol. The van der Waals surface area contributed by atoms with Crippen molar-refractivity contribution < 1.29 is 0 Å². The van der Waals surface area contributed by atoms with Gasteiger partial charge < -0.3 is 5.32 Å². The van der Waals surface area contributed by atoms with Crippen molar-refractivity contribution in [3.63, 3.8) is 0 Å². The molecule has 1 unspecified atom stereocenters. The highest BCUT2D eigenvalue weighted by atomic mass is 15.4. The Kier molecular flexibility index (Phi) is 1.88. The molecule has 0 bridgehead atoms. The molecule has 2 aliphatic rings. The Hall–Kier alpha value is -0.120. The number of fused-ring (bicyclic) bond motifs is 1. The zero-order valence-electron chi connectivity index (χ0n) is 6.14. The van der Waals surface area contributed by atoms with Crippen molar-refractivity contribution in [1.29, 1.82) is 0 Å². The Morgan fingerprint density at radius 3 is 3.30 bits per heavy atom. The Labute approximate surface area is 61.8 Å². The van der Waals surface area contributed by atoms with Crippen LogP contribution >= 0.6 is 0 Å². The van der Waals surface area contributed by atoms with Crippen LogP contribution in [0.2, 0.25) is 0 Å². The zero-order valence-corrected chi connectivity index (χ0v) is 6.14. The summed E-state index contributed by atoms with van der Waals surface area (Å²) < 4.78 is 0.